The highest BCUT2D eigenvalue weighted by atomic mass is 32.1. The van der Waals surface area contributed by atoms with E-state index in [-0.39, 0.29) is 19.1 Å². The first-order chi connectivity index (χ1) is 13.0. The van der Waals surface area contributed by atoms with E-state index in [0.717, 1.165) is 21.2 Å². The molecule has 27 heavy (non-hydrogen) atoms. The van der Waals surface area contributed by atoms with Crippen molar-refractivity contribution in [3.05, 3.63) is 58.5 Å². The van der Waals surface area contributed by atoms with Gasteiger partial charge in [-0.3, -0.25) is 4.79 Å². The second kappa shape index (κ2) is 8.22. The SMILES string of the molecule is CCOC(=O)c1c(NC(=O)COc2ccc3ccccc3c2)sc(C)c1C. The largest absolute Gasteiger partial charge is 0.484 e. The number of ether oxygens (including phenoxy) is 2. The summed E-state index contributed by atoms with van der Waals surface area (Å²) in [5, 5.41) is 5.42. The van der Waals surface area contributed by atoms with E-state index in [4.69, 9.17) is 9.47 Å². The zero-order chi connectivity index (χ0) is 19.4. The van der Waals surface area contributed by atoms with Crippen LogP contribution < -0.4 is 10.1 Å². The number of amides is 1. The van der Waals surface area contributed by atoms with E-state index in [0.29, 0.717) is 16.3 Å². The Balaban J connectivity index is 1.68. The molecule has 0 fully saturated rings. The fourth-order valence-corrected chi connectivity index (χ4v) is 3.80. The number of esters is 1. The van der Waals surface area contributed by atoms with Gasteiger partial charge in [-0.2, -0.15) is 0 Å². The van der Waals surface area contributed by atoms with Crippen molar-refractivity contribution in [1.29, 1.82) is 0 Å². The first-order valence-corrected chi connectivity index (χ1v) is 9.49. The lowest BCUT2D eigenvalue weighted by atomic mass is 10.1. The molecule has 3 aromatic rings. The summed E-state index contributed by atoms with van der Waals surface area (Å²) < 4.78 is 10.7. The van der Waals surface area contributed by atoms with Gasteiger partial charge in [0.05, 0.1) is 12.2 Å². The summed E-state index contributed by atoms with van der Waals surface area (Å²) in [5.74, 6) is -0.131. The van der Waals surface area contributed by atoms with Crippen LogP contribution in [0, 0.1) is 13.8 Å². The van der Waals surface area contributed by atoms with Crippen molar-refractivity contribution in [2.75, 3.05) is 18.5 Å². The number of carbonyl (C=O) groups is 2. The summed E-state index contributed by atoms with van der Waals surface area (Å²) in [5.41, 5.74) is 1.24. The molecule has 0 unspecified atom stereocenters. The van der Waals surface area contributed by atoms with Gasteiger partial charge >= 0.3 is 5.97 Å². The number of hydrogen-bond donors (Lipinski definition) is 1. The van der Waals surface area contributed by atoms with Gasteiger partial charge in [0.2, 0.25) is 0 Å². The molecule has 0 saturated carbocycles. The van der Waals surface area contributed by atoms with Crippen LogP contribution in [0.3, 0.4) is 0 Å². The lowest BCUT2D eigenvalue weighted by Gasteiger charge is -2.09. The van der Waals surface area contributed by atoms with Gasteiger partial charge < -0.3 is 14.8 Å². The fourth-order valence-electron chi connectivity index (χ4n) is 2.73. The number of aryl methyl sites for hydroxylation is 1. The van der Waals surface area contributed by atoms with Gasteiger partial charge in [-0.25, -0.2) is 4.79 Å². The topological polar surface area (TPSA) is 64.6 Å². The Labute approximate surface area is 161 Å². The number of fused-ring (bicyclic) bond motifs is 1. The van der Waals surface area contributed by atoms with Gasteiger partial charge in [-0.15, -0.1) is 11.3 Å². The molecule has 1 aromatic heterocycles. The van der Waals surface area contributed by atoms with Crippen LogP contribution in [0.25, 0.3) is 10.8 Å². The van der Waals surface area contributed by atoms with Gasteiger partial charge in [0.15, 0.2) is 6.61 Å². The van der Waals surface area contributed by atoms with Gasteiger partial charge in [0.1, 0.15) is 10.8 Å². The average molecular weight is 383 g/mol. The Hall–Kier alpha value is -2.86. The molecule has 0 aliphatic heterocycles. The van der Waals surface area contributed by atoms with E-state index >= 15 is 0 Å². The van der Waals surface area contributed by atoms with Gasteiger partial charge in [0.25, 0.3) is 5.91 Å². The number of anilines is 1. The van der Waals surface area contributed by atoms with E-state index < -0.39 is 5.97 Å². The van der Waals surface area contributed by atoms with Crippen molar-refractivity contribution >= 4 is 39.0 Å². The number of carbonyl (C=O) groups excluding carboxylic acids is 2. The molecule has 0 saturated heterocycles. The van der Waals surface area contributed by atoms with Crippen molar-refractivity contribution in [2.24, 2.45) is 0 Å². The number of nitrogens with one attached hydrogen (secondary N) is 1. The Kier molecular flexibility index (Phi) is 5.76. The summed E-state index contributed by atoms with van der Waals surface area (Å²) in [6, 6.07) is 13.6. The van der Waals surface area contributed by atoms with Crippen LogP contribution in [-0.4, -0.2) is 25.1 Å². The molecule has 140 valence electrons. The number of benzene rings is 2. The summed E-state index contributed by atoms with van der Waals surface area (Å²) in [6.45, 7) is 5.65. The lowest BCUT2D eigenvalue weighted by Crippen LogP contribution is -2.21. The first kappa shape index (κ1) is 18.9. The lowest BCUT2D eigenvalue weighted by molar-refractivity contribution is -0.118. The molecule has 0 spiro atoms. The average Bonchev–Trinajstić information content (AvgIpc) is 2.93. The Bertz CT molecular complexity index is 993. The molecule has 0 radical (unpaired) electrons. The maximum atomic E-state index is 12.3. The van der Waals surface area contributed by atoms with Crippen LogP contribution in [0.2, 0.25) is 0 Å². The predicted octanol–water partition coefficient (Wildman–Crippen LogP) is 4.71. The van der Waals surface area contributed by atoms with Gasteiger partial charge in [0, 0.05) is 4.88 Å². The number of rotatable bonds is 6. The van der Waals surface area contributed by atoms with E-state index in [1.54, 1.807) is 6.92 Å². The zero-order valence-electron chi connectivity index (χ0n) is 15.5. The molecule has 1 heterocycles. The molecule has 0 atom stereocenters. The van der Waals surface area contributed by atoms with Crippen LogP contribution in [0.1, 0.15) is 27.7 Å². The highest BCUT2D eigenvalue weighted by molar-refractivity contribution is 7.16. The minimum absolute atomic E-state index is 0.142. The third kappa shape index (κ3) is 4.28. The van der Waals surface area contributed by atoms with Crippen LogP contribution in [0.5, 0.6) is 5.75 Å². The Morgan fingerprint density at radius 3 is 2.56 bits per heavy atom. The molecular formula is C21H21NO4S. The molecule has 1 amide bonds. The third-order valence-corrected chi connectivity index (χ3v) is 5.33. The molecule has 5 nitrogen and oxygen atoms in total. The molecule has 1 N–H and O–H groups in total. The second-order valence-corrected chi connectivity index (χ2v) is 7.28. The van der Waals surface area contributed by atoms with Crippen molar-refractivity contribution < 1.29 is 19.1 Å². The normalized spacial score (nSPS) is 10.6. The van der Waals surface area contributed by atoms with Gasteiger partial charge in [-0.05, 0) is 49.2 Å². The van der Waals surface area contributed by atoms with Crippen molar-refractivity contribution in [2.45, 2.75) is 20.8 Å². The smallest absolute Gasteiger partial charge is 0.341 e. The van der Waals surface area contributed by atoms with Crippen LogP contribution in [0.4, 0.5) is 5.00 Å². The molecule has 6 heteroatoms. The van der Waals surface area contributed by atoms with Crippen molar-refractivity contribution in [3.63, 3.8) is 0 Å². The summed E-state index contributed by atoms with van der Waals surface area (Å²) >= 11 is 1.36. The Morgan fingerprint density at radius 2 is 1.81 bits per heavy atom. The van der Waals surface area contributed by atoms with E-state index in [1.807, 2.05) is 56.3 Å². The Morgan fingerprint density at radius 1 is 1.07 bits per heavy atom. The van der Waals surface area contributed by atoms with E-state index in [1.165, 1.54) is 11.3 Å². The monoisotopic (exact) mass is 383 g/mol. The predicted molar refractivity (Wildman–Crippen MR) is 108 cm³/mol. The first-order valence-electron chi connectivity index (χ1n) is 8.68. The zero-order valence-corrected chi connectivity index (χ0v) is 16.3. The fraction of sp³-hybridized carbons (Fsp3) is 0.238. The summed E-state index contributed by atoms with van der Waals surface area (Å²) in [7, 11) is 0. The van der Waals surface area contributed by atoms with Crippen molar-refractivity contribution in [3.8, 4) is 5.75 Å². The maximum absolute atomic E-state index is 12.3. The minimum atomic E-state index is -0.426. The number of hydrogen-bond acceptors (Lipinski definition) is 5. The molecular weight excluding hydrogens is 362 g/mol. The quantitative estimate of drug-likeness (QED) is 0.626. The standard InChI is InChI=1S/C21H21NO4S/c1-4-25-21(24)19-13(2)14(3)27-20(19)22-18(23)12-26-17-10-9-15-7-5-6-8-16(15)11-17/h5-11H,4,12H2,1-3H3,(H,22,23). The minimum Gasteiger partial charge on any atom is -0.484 e. The highest BCUT2D eigenvalue weighted by Crippen LogP contribution is 2.33. The summed E-state index contributed by atoms with van der Waals surface area (Å²) in [6.07, 6.45) is 0. The molecule has 0 aliphatic carbocycles. The second-order valence-electron chi connectivity index (χ2n) is 6.05. The molecule has 2 aromatic carbocycles. The molecule has 0 aliphatic rings. The van der Waals surface area contributed by atoms with Crippen LogP contribution >= 0.6 is 11.3 Å². The van der Waals surface area contributed by atoms with E-state index in [2.05, 4.69) is 5.32 Å². The van der Waals surface area contributed by atoms with Gasteiger partial charge in [-0.1, -0.05) is 30.3 Å². The molecule has 3 rings (SSSR count). The van der Waals surface area contributed by atoms with Crippen molar-refractivity contribution in [1.82, 2.24) is 0 Å². The third-order valence-electron chi connectivity index (χ3n) is 4.21. The number of thiophene rings is 1. The summed E-state index contributed by atoms with van der Waals surface area (Å²) in [4.78, 5) is 25.5. The molecule has 0 bridgehead atoms. The van der Waals surface area contributed by atoms with Crippen LogP contribution in [-0.2, 0) is 9.53 Å². The van der Waals surface area contributed by atoms with E-state index in [9.17, 15) is 9.59 Å². The van der Waals surface area contributed by atoms with Crippen LogP contribution in [0.15, 0.2) is 42.5 Å². The maximum Gasteiger partial charge on any atom is 0.341 e. The highest BCUT2D eigenvalue weighted by Gasteiger charge is 2.22.